The Hall–Kier alpha value is -0.990. The summed E-state index contributed by atoms with van der Waals surface area (Å²) in [5, 5.41) is 2.02. The Morgan fingerprint density at radius 1 is 1.38 bits per heavy atom. The first-order valence-electron chi connectivity index (χ1n) is 4.26. The fourth-order valence-corrected chi connectivity index (χ4v) is 1.97. The predicted molar refractivity (Wildman–Crippen MR) is 54.5 cm³/mol. The van der Waals surface area contributed by atoms with Crippen LogP contribution in [0.4, 0.5) is 0 Å². The van der Waals surface area contributed by atoms with Gasteiger partial charge in [0.1, 0.15) is 11.7 Å². The molecule has 13 heavy (non-hydrogen) atoms. The van der Waals surface area contributed by atoms with Crippen LogP contribution in [0.5, 0.6) is 0 Å². The van der Waals surface area contributed by atoms with Crippen molar-refractivity contribution < 1.29 is 5.73 Å². The van der Waals surface area contributed by atoms with E-state index in [9.17, 15) is 0 Å². The number of hydrogen-bond donors (Lipinski definition) is 1. The monoisotopic (exact) mass is 195 g/mol. The van der Waals surface area contributed by atoms with Crippen molar-refractivity contribution in [2.75, 3.05) is 0 Å². The first-order chi connectivity index (χ1) is 6.25. The number of quaternary nitrogens is 1. The highest BCUT2D eigenvalue weighted by molar-refractivity contribution is 6.32. The molecule has 2 rings (SSSR count). The number of halogens is 1. The van der Waals surface area contributed by atoms with Gasteiger partial charge in [-0.25, -0.2) is 0 Å². The molecule has 0 radical (unpaired) electrons. The third-order valence-electron chi connectivity index (χ3n) is 2.38. The quantitative estimate of drug-likeness (QED) is 0.717. The summed E-state index contributed by atoms with van der Waals surface area (Å²) in [6.07, 6.45) is 0. The van der Waals surface area contributed by atoms with Gasteiger partial charge in [-0.15, -0.1) is 0 Å². The molecule has 1 heterocycles. The summed E-state index contributed by atoms with van der Waals surface area (Å²) in [6.45, 7) is 0.736. The molecule has 3 heteroatoms. The molecule has 0 unspecified atom stereocenters. The normalized spacial score (nSPS) is 11.0. The number of para-hydroxylation sites is 1. The molecule has 2 aromatic rings. The van der Waals surface area contributed by atoms with Crippen molar-refractivity contribution in [3.63, 3.8) is 0 Å². The van der Waals surface area contributed by atoms with E-state index in [4.69, 9.17) is 11.6 Å². The summed E-state index contributed by atoms with van der Waals surface area (Å²) in [5.74, 6) is 0. The molecule has 0 bridgehead atoms. The third-order valence-corrected chi connectivity index (χ3v) is 2.87. The average Bonchev–Trinajstić information content (AvgIpc) is 2.41. The van der Waals surface area contributed by atoms with Gasteiger partial charge in [-0.05, 0) is 6.07 Å². The van der Waals surface area contributed by atoms with Crippen LogP contribution in [0.1, 0.15) is 5.56 Å². The first kappa shape index (κ1) is 8.60. The molecule has 2 nitrogen and oxygen atoms in total. The largest absolute Gasteiger partial charge is 0.354 e. The maximum Gasteiger partial charge on any atom is 0.118 e. The lowest BCUT2D eigenvalue weighted by Crippen LogP contribution is -2.47. The van der Waals surface area contributed by atoms with Crippen molar-refractivity contribution in [3.05, 3.63) is 35.0 Å². The Balaban J connectivity index is 2.90. The van der Waals surface area contributed by atoms with Crippen LogP contribution in [0.2, 0.25) is 5.15 Å². The summed E-state index contributed by atoms with van der Waals surface area (Å²) in [7, 11) is 1.98. The van der Waals surface area contributed by atoms with E-state index >= 15 is 0 Å². The second-order valence-corrected chi connectivity index (χ2v) is 3.45. The molecule has 0 spiro atoms. The van der Waals surface area contributed by atoms with Gasteiger partial charge in [-0.1, -0.05) is 29.8 Å². The van der Waals surface area contributed by atoms with Crippen molar-refractivity contribution in [2.45, 2.75) is 6.54 Å². The molecule has 3 N–H and O–H groups in total. The van der Waals surface area contributed by atoms with Crippen LogP contribution >= 0.6 is 11.6 Å². The van der Waals surface area contributed by atoms with E-state index in [1.165, 1.54) is 10.9 Å². The number of aromatic nitrogens is 1. The van der Waals surface area contributed by atoms with E-state index in [-0.39, 0.29) is 0 Å². The van der Waals surface area contributed by atoms with Crippen molar-refractivity contribution in [3.8, 4) is 0 Å². The lowest BCUT2D eigenvalue weighted by Gasteiger charge is -1.95. The van der Waals surface area contributed by atoms with E-state index in [2.05, 4.69) is 17.9 Å². The van der Waals surface area contributed by atoms with Crippen LogP contribution in [-0.4, -0.2) is 4.57 Å². The molecule has 0 fully saturated rings. The SMILES string of the molecule is Cn1c(Cl)c(C[NH3+])c2ccccc21. The van der Waals surface area contributed by atoms with Crippen molar-refractivity contribution in [1.82, 2.24) is 4.57 Å². The number of nitrogens with zero attached hydrogens (tertiary/aromatic N) is 1. The fraction of sp³-hybridized carbons (Fsp3) is 0.200. The highest BCUT2D eigenvalue weighted by Gasteiger charge is 2.11. The molecule has 68 valence electrons. The lowest BCUT2D eigenvalue weighted by atomic mass is 10.2. The van der Waals surface area contributed by atoms with E-state index in [0.29, 0.717) is 0 Å². The van der Waals surface area contributed by atoms with E-state index in [0.717, 1.165) is 17.3 Å². The topological polar surface area (TPSA) is 32.6 Å². The third kappa shape index (κ3) is 1.14. The minimum atomic E-state index is 0.736. The van der Waals surface area contributed by atoms with E-state index < -0.39 is 0 Å². The zero-order valence-electron chi connectivity index (χ0n) is 7.55. The second-order valence-electron chi connectivity index (χ2n) is 3.10. The molecule has 0 amide bonds. The van der Waals surface area contributed by atoms with Gasteiger partial charge in [-0.3, -0.25) is 0 Å². The highest BCUT2D eigenvalue weighted by atomic mass is 35.5. The van der Waals surface area contributed by atoms with Gasteiger partial charge in [0.25, 0.3) is 0 Å². The first-order valence-corrected chi connectivity index (χ1v) is 4.64. The van der Waals surface area contributed by atoms with Crippen LogP contribution in [0.3, 0.4) is 0 Å². The van der Waals surface area contributed by atoms with Crippen LogP contribution in [0.25, 0.3) is 10.9 Å². The van der Waals surface area contributed by atoms with Crippen LogP contribution < -0.4 is 5.73 Å². The number of rotatable bonds is 1. The van der Waals surface area contributed by atoms with Gasteiger partial charge in [0, 0.05) is 18.0 Å². The molecule has 0 saturated heterocycles. The number of benzene rings is 1. The molecular formula is C10H12ClN2+. The Labute approximate surface area is 81.9 Å². The molecule has 1 aromatic carbocycles. The smallest absolute Gasteiger partial charge is 0.118 e. The van der Waals surface area contributed by atoms with Crippen molar-refractivity contribution >= 4 is 22.5 Å². The molecule has 0 aliphatic carbocycles. The number of hydrogen-bond acceptors (Lipinski definition) is 0. The van der Waals surface area contributed by atoms with Crippen LogP contribution in [0.15, 0.2) is 24.3 Å². The summed E-state index contributed by atoms with van der Waals surface area (Å²) in [4.78, 5) is 0. The van der Waals surface area contributed by atoms with Gasteiger partial charge in [-0.2, -0.15) is 0 Å². The Kier molecular flexibility index (Phi) is 2.02. The Bertz CT molecular complexity index is 445. The Morgan fingerprint density at radius 2 is 2.08 bits per heavy atom. The average molecular weight is 196 g/mol. The summed E-state index contributed by atoms with van der Waals surface area (Å²) >= 11 is 6.16. The summed E-state index contributed by atoms with van der Waals surface area (Å²) in [6, 6.07) is 8.20. The minimum absolute atomic E-state index is 0.736. The van der Waals surface area contributed by atoms with Crippen LogP contribution in [0, 0.1) is 0 Å². The van der Waals surface area contributed by atoms with Gasteiger partial charge in [0.15, 0.2) is 0 Å². The fourth-order valence-electron chi connectivity index (χ4n) is 1.68. The zero-order valence-corrected chi connectivity index (χ0v) is 8.30. The van der Waals surface area contributed by atoms with Crippen LogP contribution in [-0.2, 0) is 13.6 Å². The van der Waals surface area contributed by atoms with E-state index in [1.54, 1.807) is 0 Å². The molecule has 0 aliphatic rings. The number of aryl methyl sites for hydroxylation is 1. The maximum atomic E-state index is 6.16. The predicted octanol–water partition coefficient (Wildman–Crippen LogP) is 1.57. The van der Waals surface area contributed by atoms with Crippen molar-refractivity contribution in [2.24, 2.45) is 7.05 Å². The molecular weight excluding hydrogens is 184 g/mol. The molecule has 1 aromatic heterocycles. The minimum Gasteiger partial charge on any atom is -0.354 e. The van der Waals surface area contributed by atoms with Gasteiger partial charge < -0.3 is 10.3 Å². The Morgan fingerprint density at radius 3 is 2.77 bits per heavy atom. The van der Waals surface area contributed by atoms with E-state index in [1.807, 2.05) is 23.7 Å². The summed E-state index contributed by atoms with van der Waals surface area (Å²) in [5.41, 5.74) is 6.19. The highest BCUT2D eigenvalue weighted by Crippen LogP contribution is 2.27. The second kappa shape index (κ2) is 3.05. The molecule has 0 saturated carbocycles. The standard InChI is InChI=1S/C10H11ClN2/c1-13-9-5-3-2-4-7(9)8(6-12)10(13)11/h2-5H,6,12H2,1H3/p+1. The molecule has 0 aliphatic heterocycles. The van der Waals surface area contributed by atoms with Gasteiger partial charge >= 0.3 is 0 Å². The van der Waals surface area contributed by atoms with Gasteiger partial charge in [0.2, 0.25) is 0 Å². The summed E-state index contributed by atoms with van der Waals surface area (Å²) < 4.78 is 2.00. The van der Waals surface area contributed by atoms with Gasteiger partial charge in [0.05, 0.1) is 5.56 Å². The van der Waals surface area contributed by atoms with Crippen molar-refractivity contribution in [1.29, 1.82) is 0 Å². The molecule has 0 atom stereocenters. The zero-order chi connectivity index (χ0) is 9.42. The maximum absolute atomic E-state index is 6.16. The lowest BCUT2D eigenvalue weighted by molar-refractivity contribution is -0.386. The number of fused-ring (bicyclic) bond motifs is 1.